The maximum Gasteiger partial charge on any atom is 0.161 e. The molecule has 0 N–H and O–H groups in total. The third kappa shape index (κ3) is 2.95. The Labute approximate surface area is 111 Å². The lowest BCUT2D eigenvalue weighted by Crippen LogP contribution is -2.22. The summed E-state index contributed by atoms with van der Waals surface area (Å²) in [5.74, 6) is 1.74. The van der Waals surface area contributed by atoms with Crippen molar-refractivity contribution in [2.45, 2.75) is 37.4 Å². The Bertz CT molecular complexity index is 399. The molecule has 0 saturated carbocycles. The molecule has 17 heavy (non-hydrogen) atoms. The van der Waals surface area contributed by atoms with E-state index in [9.17, 15) is 0 Å². The van der Waals surface area contributed by atoms with E-state index in [-0.39, 0.29) is 5.41 Å². The molecule has 0 aliphatic carbocycles. The van der Waals surface area contributed by atoms with Crippen molar-refractivity contribution in [3.05, 3.63) is 23.8 Å². The molecule has 1 aromatic rings. The van der Waals surface area contributed by atoms with E-state index in [4.69, 9.17) is 9.47 Å². The summed E-state index contributed by atoms with van der Waals surface area (Å²) in [6, 6.07) is 6.28. The van der Waals surface area contributed by atoms with E-state index >= 15 is 0 Å². The molecule has 1 unspecified atom stereocenters. The number of alkyl halides is 1. The van der Waals surface area contributed by atoms with Crippen molar-refractivity contribution < 1.29 is 9.47 Å². The van der Waals surface area contributed by atoms with Crippen LogP contribution in [0.5, 0.6) is 11.5 Å². The van der Waals surface area contributed by atoms with Crippen molar-refractivity contribution in [2.24, 2.45) is 0 Å². The van der Waals surface area contributed by atoms with E-state index in [1.807, 2.05) is 6.07 Å². The second kappa shape index (κ2) is 4.89. The second-order valence-electron chi connectivity index (χ2n) is 5.23. The highest BCUT2D eigenvalue weighted by molar-refractivity contribution is 9.09. The van der Waals surface area contributed by atoms with Gasteiger partial charge in [-0.1, -0.05) is 42.8 Å². The Balaban J connectivity index is 2.27. The Morgan fingerprint density at radius 2 is 1.88 bits per heavy atom. The molecule has 1 heterocycles. The van der Waals surface area contributed by atoms with Crippen LogP contribution in [0.25, 0.3) is 0 Å². The van der Waals surface area contributed by atoms with Crippen LogP contribution in [0.1, 0.15) is 32.8 Å². The van der Waals surface area contributed by atoms with Gasteiger partial charge in [-0.15, -0.1) is 0 Å². The zero-order chi connectivity index (χ0) is 12.5. The summed E-state index contributed by atoms with van der Waals surface area (Å²) in [7, 11) is 0. The average Bonchev–Trinajstić information content (AvgIpc) is 2.26. The van der Waals surface area contributed by atoms with E-state index < -0.39 is 0 Å². The Hall–Kier alpha value is -0.700. The predicted octanol–water partition coefficient (Wildman–Crippen LogP) is 3.91. The van der Waals surface area contributed by atoms with Crippen LogP contribution in [0.15, 0.2) is 18.2 Å². The van der Waals surface area contributed by atoms with Crippen LogP contribution in [0.2, 0.25) is 0 Å². The van der Waals surface area contributed by atoms with Gasteiger partial charge in [0.2, 0.25) is 0 Å². The minimum Gasteiger partial charge on any atom is -0.486 e. The normalized spacial score (nSPS) is 16.7. The summed E-state index contributed by atoms with van der Waals surface area (Å²) in [6.07, 6.45) is 1.09. The van der Waals surface area contributed by atoms with E-state index in [2.05, 4.69) is 48.8 Å². The number of ether oxygens (including phenoxy) is 2. The first-order valence-electron chi connectivity index (χ1n) is 6.03. The van der Waals surface area contributed by atoms with Crippen molar-refractivity contribution >= 4 is 15.9 Å². The SMILES string of the molecule is CC(Br)CC(C)(C)c1ccc2c(c1)OCCO2. The fraction of sp³-hybridized carbons (Fsp3) is 0.571. The summed E-state index contributed by atoms with van der Waals surface area (Å²) in [6.45, 7) is 7.99. The maximum absolute atomic E-state index is 5.63. The van der Waals surface area contributed by atoms with Gasteiger partial charge in [-0.2, -0.15) is 0 Å². The first-order valence-corrected chi connectivity index (χ1v) is 6.95. The number of rotatable bonds is 3. The van der Waals surface area contributed by atoms with Crippen LogP contribution in [-0.4, -0.2) is 18.0 Å². The molecule has 0 fully saturated rings. The average molecular weight is 299 g/mol. The van der Waals surface area contributed by atoms with Gasteiger partial charge in [-0.25, -0.2) is 0 Å². The Morgan fingerprint density at radius 1 is 1.24 bits per heavy atom. The molecule has 0 radical (unpaired) electrons. The molecular weight excluding hydrogens is 280 g/mol. The third-order valence-electron chi connectivity index (χ3n) is 3.12. The quantitative estimate of drug-likeness (QED) is 0.788. The van der Waals surface area contributed by atoms with Gasteiger partial charge in [-0.05, 0) is 29.5 Å². The molecule has 1 aromatic carbocycles. The lowest BCUT2D eigenvalue weighted by molar-refractivity contribution is 0.171. The van der Waals surface area contributed by atoms with Crippen LogP contribution in [0.3, 0.4) is 0 Å². The standard InChI is InChI=1S/C14H19BrO2/c1-10(15)9-14(2,3)11-4-5-12-13(8-11)17-7-6-16-12/h4-5,8,10H,6-7,9H2,1-3H3. The number of halogens is 1. The highest BCUT2D eigenvalue weighted by Gasteiger charge is 2.24. The Morgan fingerprint density at radius 3 is 2.53 bits per heavy atom. The number of benzene rings is 1. The van der Waals surface area contributed by atoms with Crippen LogP contribution in [0, 0.1) is 0 Å². The first-order chi connectivity index (χ1) is 7.99. The van der Waals surface area contributed by atoms with Crippen molar-refractivity contribution in [3.63, 3.8) is 0 Å². The third-order valence-corrected chi connectivity index (χ3v) is 3.44. The molecule has 1 aliphatic heterocycles. The van der Waals surface area contributed by atoms with Gasteiger partial charge in [0.15, 0.2) is 11.5 Å². The molecule has 0 saturated heterocycles. The number of hydrogen-bond acceptors (Lipinski definition) is 2. The number of hydrogen-bond donors (Lipinski definition) is 0. The van der Waals surface area contributed by atoms with Gasteiger partial charge in [0.25, 0.3) is 0 Å². The minimum atomic E-state index is 0.138. The van der Waals surface area contributed by atoms with Gasteiger partial charge in [0.05, 0.1) is 0 Å². The van der Waals surface area contributed by atoms with Gasteiger partial charge in [-0.3, -0.25) is 0 Å². The fourth-order valence-electron chi connectivity index (χ4n) is 2.29. The van der Waals surface area contributed by atoms with Gasteiger partial charge >= 0.3 is 0 Å². The molecule has 1 atom stereocenters. The molecule has 0 spiro atoms. The summed E-state index contributed by atoms with van der Waals surface area (Å²) in [5.41, 5.74) is 1.44. The summed E-state index contributed by atoms with van der Waals surface area (Å²) in [4.78, 5) is 0.505. The molecule has 3 heteroatoms. The predicted molar refractivity (Wildman–Crippen MR) is 73.5 cm³/mol. The lowest BCUT2D eigenvalue weighted by atomic mass is 9.80. The highest BCUT2D eigenvalue weighted by Crippen LogP contribution is 2.37. The van der Waals surface area contributed by atoms with Crippen LogP contribution >= 0.6 is 15.9 Å². The van der Waals surface area contributed by atoms with E-state index in [1.54, 1.807) is 0 Å². The van der Waals surface area contributed by atoms with Crippen LogP contribution < -0.4 is 9.47 Å². The topological polar surface area (TPSA) is 18.5 Å². The summed E-state index contributed by atoms with van der Waals surface area (Å²) in [5, 5.41) is 0. The van der Waals surface area contributed by atoms with Gasteiger partial charge < -0.3 is 9.47 Å². The van der Waals surface area contributed by atoms with Crippen LogP contribution in [-0.2, 0) is 5.41 Å². The minimum absolute atomic E-state index is 0.138. The van der Waals surface area contributed by atoms with Gasteiger partial charge in [0.1, 0.15) is 13.2 Å². The van der Waals surface area contributed by atoms with Crippen molar-refractivity contribution in [3.8, 4) is 11.5 Å². The maximum atomic E-state index is 5.63. The van der Waals surface area contributed by atoms with Crippen LogP contribution in [0.4, 0.5) is 0 Å². The molecular formula is C14H19BrO2. The molecule has 0 amide bonds. The van der Waals surface area contributed by atoms with E-state index in [1.165, 1.54) is 5.56 Å². The molecule has 0 aromatic heterocycles. The smallest absolute Gasteiger partial charge is 0.161 e. The van der Waals surface area contributed by atoms with Crippen molar-refractivity contribution in [1.29, 1.82) is 0 Å². The van der Waals surface area contributed by atoms with Crippen molar-refractivity contribution in [1.82, 2.24) is 0 Å². The highest BCUT2D eigenvalue weighted by atomic mass is 79.9. The van der Waals surface area contributed by atoms with E-state index in [0.29, 0.717) is 18.0 Å². The molecule has 0 bridgehead atoms. The molecule has 2 nitrogen and oxygen atoms in total. The van der Waals surface area contributed by atoms with Gasteiger partial charge in [0, 0.05) is 4.83 Å². The monoisotopic (exact) mass is 298 g/mol. The van der Waals surface area contributed by atoms with Crippen molar-refractivity contribution in [2.75, 3.05) is 13.2 Å². The number of fused-ring (bicyclic) bond motifs is 1. The fourth-order valence-corrected chi connectivity index (χ4v) is 3.09. The lowest BCUT2D eigenvalue weighted by Gasteiger charge is -2.28. The molecule has 1 aliphatic rings. The zero-order valence-corrected chi connectivity index (χ0v) is 12.2. The van der Waals surface area contributed by atoms with E-state index in [0.717, 1.165) is 17.9 Å². The summed E-state index contributed by atoms with van der Waals surface area (Å²) >= 11 is 3.63. The molecule has 94 valence electrons. The largest absolute Gasteiger partial charge is 0.486 e. The second-order valence-corrected chi connectivity index (χ2v) is 6.79. The Kier molecular flexibility index (Phi) is 3.67. The zero-order valence-electron chi connectivity index (χ0n) is 10.6. The molecule has 2 rings (SSSR count). The summed E-state index contributed by atoms with van der Waals surface area (Å²) < 4.78 is 11.2. The first kappa shape index (κ1) is 12.7.